The van der Waals surface area contributed by atoms with Crippen molar-refractivity contribution < 1.29 is 37.3 Å². The van der Waals surface area contributed by atoms with Gasteiger partial charge in [0.05, 0.1) is 46.9 Å². The first-order valence-corrected chi connectivity index (χ1v) is 16.3. The predicted molar refractivity (Wildman–Crippen MR) is 174 cm³/mol. The van der Waals surface area contributed by atoms with Crippen LogP contribution in [0.4, 0.5) is 18.9 Å². The van der Waals surface area contributed by atoms with Crippen LogP contribution in [0.2, 0.25) is 10.0 Å². The molecular weight excluding hydrogens is 646 g/mol. The molecule has 1 heterocycles. The molecule has 256 valence electrons. The average molecular weight is 691 g/mol. The number of likely N-dealkylation sites (N-methyl/N-ethyl adjacent to an activating group) is 1. The highest BCUT2D eigenvalue weighted by atomic mass is 35.5. The second kappa shape index (κ2) is 17.5. The topological polar surface area (TPSA) is 91.3 Å². The lowest BCUT2D eigenvalue weighted by Crippen LogP contribution is -2.47. The molecule has 8 nitrogen and oxygen atoms in total. The Morgan fingerprint density at radius 2 is 1.89 bits per heavy atom. The minimum atomic E-state index is -4.47. The molecule has 46 heavy (non-hydrogen) atoms. The number of carbonyl (C=O) groups excluding carboxylic acids is 2. The van der Waals surface area contributed by atoms with Crippen LogP contribution in [-0.4, -0.2) is 84.5 Å². The summed E-state index contributed by atoms with van der Waals surface area (Å²) in [4.78, 5) is 30.1. The van der Waals surface area contributed by atoms with Gasteiger partial charge in [-0.3, -0.25) is 14.5 Å². The Bertz CT molecular complexity index is 1320. The van der Waals surface area contributed by atoms with Gasteiger partial charge in [-0.1, -0.05) is 36.2 Å². The van der Waals surface area contributed by atoms with Gasteiger partial charge >= 0.3 is 6.18 Å². The fraction of sp³-hybridized carbons (Fsp3) is 0.576. The van der Waals surface area contributed by atoms with Crippen LogP contribution in [0.5, 0.6) is 5.75 Å². The van der Waals surface area contributed by atoms with E-state index in [1.165, 1.54) is 12.1 Å². The summed E-state index contributed by atoms with van der Waals surface area (Å²) >= 11 is 12.3. The van der Waals surface area contributed by atoms with Gasteiger partial charge in [0.2, 0.25) is 5.91 Å². The number of aliphatic hydroxyl groups is 1. The molecule has 13 heteroatoms. The molecule has 1 aliphatic heterocycles. The fourth-order valence-electron chi connectivity index (χ4n) is 5.26. The van der Waals surface area contributed by atoms with Gasteiger partial charge in [0.1, 0.15) is 5.75 Å². The van der Waals surface area contributed by atoms with Gasteiger partial charge in [0.25, 0.3) is 5.91 Å². The number of aliphatic hydroxyl groups excluding tert-OH is 1. The lowest BCUT2D eigenvalue weighted by atomic mass is 10.0. The molecule has 0 bridgehead atoms. The van der Waals surface area contributed by atoms with Gasteiger partial charge in [-0.2, -0.15) is 13.2 Å². The molecule has 0 saturated carbocycles. The SMILES string of the molecule is C[C@@H]1CCCCO[C@H](CN(C)Cc2ccc(Cl)c(Cl)c2)[C@@H](C)CN([C@H](C)CO)C(=O)c2cc(NC(=O)CCC(F)(F)F)ccc2O1. The molecular formula is C33H44Cl2F3N3O5. The minimum absolute atomic E-state index is 0.138. The number of ether oxygens (including phenoxy) is 2. The smallest absolute Gasteiger partial charge is 0.389 e. The largest absolute Gasteiger partial charge is 0.490 e. The van der Waals surface area contributed by atoms with E-state index in [2.05, 4.69) is 10.2 Å². The van der Waals surface area contributed by atoms with Gasteiger partial charge in [0, 0.05) is 44.3 Å². The first-order chi connectivity index (χ1) is 21.7. The summed E-state index contributed by atoms with van der Waals surface area (Å²) in [6, 6.07) is 9.40. The second-order valence-corrected chi connectivity index (χ2v) is 12.9. The molecule has 0 spiro atoms. The summed E-state index contributed by atoms with van der Waals surface area (Å²) in [5.74, 6) is -1.13. The molecule has 2 N–H and O–H groups in total. The van der Waals surface area contributed by atoms with Gasteiger partial charge in [0.15, 0.2) is 0 Å². The van der Waals surface area contributed by atoms with Gasteiger partial charge in [-0.15, -0.1) is 0 Å². The zero-order valence-corrected chi connectivity index (χ0v) is 28.2. The molecule has 0 radical (unpaired) electrons. The zero-order valence-electron chi connectivity index (χ0n) is 26.7. The molecule has 2 amide bonds. The van der Waals surface area contributed by atoms with Crippen molar-refractivity contribution in [3.63, 3.8) is 0 Å². The lowest BCUT2D eigenvalue weighted by molar-refractivity contribution is -0.142. The highest BCUT2D eigenvalue weighted by molar-refractivity contribution is 6.42. The molecule has 2 aromatic carbocycles. The van der Waals surface area contributed by atoms with Crippen molar-refractivity contribution in [3.8, 4) is 5.75 Å². The van der Waals surface area contributed by atoms with E-state index in [1.807, 2.05) is 33.0 Å². The second-order valence-electron chi connectivity index (χ2n) is 12.1. The Kier molecular flexibility index (Phi) is 14.4. The number of alkyl halides is 3. The predicted octanol–water partition coefficient (Wildman–Crippen LogP) is 7.20. The van der Waals surface area contributed by atoms with Crippen molar-refractivity contribution in [2.75, 3.05) is 38.7 Å². The van der Waals surface area contributed by atoms with E-state index in [1.54, 1.807) is 24.0 Å². The molecule has 4 atom stereocenters. The first kappa shape index (κ1) is 37.9. The molecule has 0 aromatic heterocycles. The van der Waals surface area contributed by atoms with E-state index < -0.39 is 36.9 Å². The molecule has 0 fully saturated rings. The van der Waals surface area contributed by atoms with Crippen LogP contribution in [0.25, 0.3) is 0 Å². The number of benzene rings is 2. The molecule has 0 aliphatic carbocycles. The van der Waals surface area contributed by atoms with Crippen molar-refractivity contribution in [3.05, 3.63) is 57.6 Å². The standard InChI is InChI=1S/C33H44Cl2F3N3O5/c1-21-17-41(22(2)20-42)32(44)26-16-25(39-31(43)12-13-33(36,37)38)9-11-29(26)46-23(3)7-5-6-14-45-30(21)19-40(4)18-24-8-10-27(34)28(35)15-24/h8-11,15-16,21-23,30,42H,5-7,12-14,17-20H2,1-4H3,(H,39,43)/t21-,22+,23+,30+/m0/s1. The van der Waals surface area contributed by atoms with E-state index >= 15 is 0 Å². The summed E-state index contributed by atoms with van der Waals surface area (Å²) in [5, 5.41) is 13.6. The number of halogens is 5. The Morgan fingerprint density at radius 3 is 2.57 bits per heavy atom. The number of amides is 2. The van der Waals surface area contributed by atoms with E-state index in [-0.39, 0.29) is 42.5 Å². The number of carbonyl (C=O) groups is 2. The third kappa shape index (κ3) is 11.9. The summed E-state index contributed by atoms with van der Waals surface area (Å²) < 4.78 is 50.5. The minimum Gasteiger partial charge on any atom is -0.490 e. The molecule has 0 unspecified atom stereocenters. The normalized spacial score (nSPS) is 20.9. The number of hydrogen-bond acceptors (Lipinski definition) is 6. The van der Waals surface area contributed by atoms with Crippen molar-refractivity contribution in [1.82, 2.24) is 9.80 Å². The maximum atomic E-state index is 14.2. The third-order valence-corrected chi connectivity index (χ3v) is 8.64. The van der Waals surface area contributed by atoms with Crippen LogP contribution >= 0.6 is 23.2 Å². The fourth-order valence-corrected chi connectivity index (χ4v) is 5.58. The quantitative estimate of drug-likeness (QED) is 0.289. The monoisotopic (exact) mass is 689 g/mol. The van der Waals surface area contributed by atoms with Crippen LogP contribution in [0, 0.1) is 5.92 Å². The lowest BCUT2D eigenvalue weighted by Gasteiger charge is -2.36. The number of anilines is 1. The summed E-state index contributed by atoms with van der Waals surface area (Å²) in [7, 11) is 1.98. The Hall–Kier alpha value is -2.57. The van der Waals surface area contributed by atoms with Crippen molar-refractivity contribution in [2.45, 2.75) is 83.8 Å². The number of hydrogen-bond donors (Lipinski definition) is 2. The summed E-state index contributed by atoms with van der Waals surface area (Å²) in [6.45, 7) is 7.23. The third-order valence-electron chi connectivity index (χ3n) is 7.90. The highest BCUT2D eigenvalue weighted by Gasteiger charge is 2.31. The summed E-state index contributed by atoms with van der Waals surface area (Å²) in [5.41, 5.74) is 1.30. The molecule has 0 saturated heterocycles. The Labute approximate surface area is 279 Å². The van der Waals surface area contributed by atoms with Gasteiger partial charge in [-0.05, 0) is 76.1 Å². The molecule has 3 rings (SSSR count). The summed E-state index contributed by atoms with van der Waals surface area (Å²) in [6.07, 6.45) is -4.65. The first-order valence-electron chi connectivity index (χ1n) is 15.5. The van der Waals surface area contributed by atoms with E-state index in [4.69, 9.17) is 32.7 Å². The Morgan fingerprint density at radius 1 is 1.15 bits per heavy atom. The van der Waals surface area contributed by atoms with Gasteiger partial charge in [-0.25, -0.2) is 0 Å². The van der Waals surface area contributed by atoms with Crippen LogP contribution in [0.1, 0.15) is 68.8 Å². The van der Waals surface area contributed by atoms with Crippen LogP contribution in [0.3, 0.4) is 0 Å². The number of nitrogens with one attached hydrogen (secondary N) is 1. The van der Waals surface area contributed by atoms with Crippen LogP contribution in [-0.2, 0) is 16.1 Å². The molecule has 1 aliphatic rings. The van der Waals surface area contributed by atoms with E-state index in [0.29, 0.717) is 41.9 Å². The van der Waals surface area contributed by atoms with Crippen LogP contribution in [0.15, 0.2) is 36.4 Å². The van der Waals surface area contributed by atoms with Crippen molar-refractivity contribution >= 4 is 40.7 Å². The van der Waals surface area contributed by atoms with E-state index in [9.17, 15) is 27.9 Å². The van der Waals surface area contributed by atoms with Gasteiger partial charge < -0.3 is 24.8 Å². The van der Waals surface area contributed by atoms with E-state index in [0.717, 1.165) is 18.4 Å². The maximum Gasteiger partial charge on any atom is 0.389 e. The average Bonchev–Trinajstić information content (AvgIpc) is 2.99. The number of rotatable bonds is 9. The highest BCUT2D eigenvalue weighted by Crippen LogP contribution is 2.29. The maximum absolute atomic E-state index is 14.2. The number of fused-ring (bicyclic) bond motifs is 1. The zero-order chi connectivity index (χ0) is 34.0. The number of nitrogens with zero attached hydrogens (tertiary/aromatic N) is 2. The molecule has 2 aromatic rings. The van der Waals surface area contributed by atoms with Crippen molar-refractivity contribution in [1.29, 1.82) is 0 Å². The Balaban J connectivity index is 1.88. The van der Waals surface area contributed by atoms with Crippen LogP contribution < -0.4 is 10.1 Å². The van der Waals surface area contributed by atoms with Crippen molar-refractivity contribution in [2.24, 2.45) is 5.92 Å².